The van der Waals surface area contributed by atoms with Crippen molar-refractivity contribution in [3.8, 4) is 0 Å². The molecule has 0 unspecified atom stereocenters. The Balaban J connectivity index is 1.37. The number of carbonyl (C=O) groups is 1. The lowest BCUT2D eigenvalue weighted by molar-refractivity contribution is -0.115. The summed E-state index contributed by atoms with van der Waals surface area (Å²) in [5.41, 5.74) is 0.203. The van der Waals surface area contributed by atoms with E-state index in [2.05, 4.69) is 20.8 Å². The third-order valence-electron chi connectivity index (χ3n) is 3.61. The molecule has 2 heterocycles. The van der Waals surface area contributed by atoms with Crippen LogP contribution < -0.4 is 10.6 Å². The van der Waals surface area contributed by atoms with E-state index in [1.807, 2.05) is 0 Å². The van der Waals surface area contributed by atoms with Gasteiger partial charge >= 0.3 is 0 Å². The molecule has 1 aliphatic rings. The van der Waals surface area contributed by atoms with Gasteiger partial charge in [0.2, 0.25) is 11.0 Å². The molecule has 0 radical (unpaired) electrons. The monoisotopic (exact) mass is 382 g/mol. The highest BCUT2D eigenvalue weighted by molar-refractivity contribution is 8.01. The summed E-state index contributed by atoms with van der Waals surface area (Å²) in [4.78, 5) is 11.9. The van der Waals surface area contributed by atoms with Crippen molar-refractivity contribution in [3.63, 3.8) is 0 Å². The molecule has 0 aliphatic carbocycles. The first-order valence-electron chi connectivity index (χ1n) is 8.07. The van der Waals surface area contributed by atoms with Crippen LogP contribution in [0.1, 0.15) is 19.3 Å². The maximum absolute atomic E-state index is 13.5. The van der Waals surface area contributed by atoms with Crippen LogP contribution in [0, 0.1) is 5.82 Å². The van der Waals surface area contributed by atoms with Crippen molar-refractivity contribution in [1.29, 1.82) is 0 Å². The zero-order valence-corrected chi connectivity index (χ0v) is 15.2. The highest BCUT2D eigenvalue weighted by Crippen LogP contribution is 2.26. The first kappa shape index (κ1) is 18.1. The summed E-state index contributed by atoms with van der Waals surface area (Å²) in [6.45, 7) is 1.57. The van der Waals surface area contributed by atoms with Gasteiger partial charge in [-0.2, -0.15) is 0 Å². The van der Waals surface area contributed by atoms with Gasteiger partial charge in [0.15, 0.2) is 4.34 Å². The number of aromatic nitrogens is 2. The molecule has 1 fully saturated rings. The van der Waals surface area contributed by atoms with Crippen LogP contribution in [0.2, 0.25) is 0 Å². The minimum absolute atomic E-state index is 0.203. The summed E-state index contributed by atoms with van der Waals surface area (Å²) in [7, 11) is 0. The lowest BCUT2D eigenvalue weighted by Crippen LogP contribution is -2.18. The van der Waals surface area contributed by atoms with Crippen molar-refractivity contribution in [1.82, 2.24) is 10.2 Å². The number of carbonyl (C=O) groups excluding carboxylic acids is 1. The number of para-hydroxylation sites is 1. The quantitative estimate of drug-likeness (QED) is 0.682. The average molecular weight is 382 g/mol. The van der Waals surface area contributed by atoms with Crippen molar-refractivity contribution >= 4 is 39.8 Å². The van der Waals surface area contributed by atoms with Crippen LogP contribution in [-0.2, 0) is 9.53 Å². The van der Waals surface area contributed by atoms with Crippen molar-refractivity contribution in [2.75, 3.05) is 29.5 Å². The number of halogens is 1. The Morgan fingerprint density at radius 2 is 2.28 bits per heavy atom. The zero-order valence-electron chi connectivity index (χ0n) is 13.5. The van der Waals surface area contributed by atoms with Gasteiger partial charge in [-0.15, -0.1) is 10.2 Å². The van der Waals surface area contributed by atoms with Crippen LogP contribution in [0.5, 0.6) is 0 Å². The molecule has 6 nitrogen and oxygen atoms in total. The Morgan fingerprint density at radius 3 is 3.08 bits per heavy atom. The summed E-state index contributed by atoms with van der Waals surface area (Å²) < 4.78 is 19.8. The van der Waals surface area contributed by atoms with Crippen molar-refractivity contribution in [2.24, 2.45) is 0 Å². The van der Waals surface area contributed by atoms with Gasteiger partial charge in [0, 0.05) is 25.3 Å². The minimum Gasteiger partial charge on any atom is -0.376 e. The fourth-order valence-corrected chi connectivity index (χ4v) is 4.12. The highest BCUT2D eigenvalue weighted by atomic mass is 32.2. The Morgan fingerprint density at radius 1 is 1.40 bits per heavy atom. The molecule has 3 rings (SSSR count). The first-order valence-corrected chi connectivity index (χ1v) is 9.87. The number of rotatable bonds is 8. The first-order chi connectivity index (χ1) is 12.2. The number of thioether (sulfide) groups is 1. The van der Waals surface area contributed by atoms with Gasteiger partial charge in [-0.25, -0.2) is 4.39 Å². The number of hydrogen-bond donors (Lipinski definition) is 2. The summed E-state index contributed by atoms with van der Waals surface area (Å²) >= 11 is 2.92. The van der Waals surface area contributed by atoms with Gasteiger partial charge in [0.25, 0.3) is 0 Å². The second kappa shape index (κ2) is 9.12. The number of anilines is 2. The molecule has 25 heavy (non-hydrogen) atoms. The third-order valence-corrected chi connectivity index (χ3v) is 5.63. The maximum atomic E-state index is 13.5. The number of nitrogens with zero attached hydrogens (tertiary/aromatic N) is 2. The van der Waals surface area contributed by atoms with E-state index in [-0.39, 0.29) is 24.1 Å². The zero-order chi connectivity index (χ0) is 17.5. The number of hydrogen-bond acceptors (Lipinski definition) is 7. The molecule has 2 aromatic rings. The normalized spacial score (nSPS) is 16.8. The van der Waals surface area contributed by atoms with E-state index in [1.165, 1.54) is 35.2 Å². The molecule has 2 N–H and O–H groups in total. The highest BCUT2D eigenvalue weighted by Gasteiger charge is 2.16. The molecule has 1 aliphatic heterocycles. The molecule has 0 spiro atoms. The molecule has 0 bridgehead atoms. The van der Waals surface area contributed by atoms with Crippen LogP contribution in [0.25, 0.3) is 0 Å². The SMILES string of the molecule is O=C(CCSc1nnc(NC[C@H]2CCCO2)s1)Nc1ccccc1F. The molecule has 1 saturated heterocycles. The van der Waals surface area contributed by atoms with Gasteiger partial charge in [0.05, 0.1) is 11.8 Å². The van der Waals surface area contributed by atoms with Crippen molar-refractivity contribution in [2.45, 2.75) is 29.7 Å². The molecule has 1 atom stereocenters. The Hall–Kier alpha value is -1.71. The van der Waals surface area contributed by atoms with E-state index in [1.54, 1.807) is 12.1 Å². The lowest BCUT2D eigenvalue weighted by Gasteiger charge is -2.08. The Labute approximate surface area is 153 Å². The number of ether oxygens (including phenoxy) is 1. The largest absolute Gasteiger partial charge is 0.376 e. The van der Waals surface area contributed by atoms with Crippen LogP contribution in [0.3, 0.4) is 0 Å². The van der Waals surface area contributed by atoms with Gasteiger partial charge in [-0.05, 0) is 25.0 Å². The molecule has 9 heteroatoms. The van der Waals surface area contributed by atoms with Crippen LogP contribution in [-0.4, -0.2) is 41.1 Å². The van der Waals surface area contributed by atoms with E-state index < -0.39 is 5.82 Å². The Bertz CT molecular complexity index is 707. The predicted octanol–water partition coefficient (Wildman–Crippen LogP) is 3.39. The van der Waals surface area contributed by atoms with Crippen LogP contribution in [0.15, 0.2) is 28.6 Å². The standard InChI is InChI=1S/C16H19FN4O2S2/c17-12-5-1-2-6-13(12)19-14(22)7-9-24-16-21-20-15(25-16)18-10-11-4-3-8-23-11/h1-2,5-6,11H,3-4,7-10H2,(H,18,20)(H,19,22)/t11-/m1/s1. The molecule has 0 saturated carbocycles. The fraction of sp³-hybridized carbons (Fsp3) is 0.438. The fourth-order valence-electron chi connectivity index (χ4n) is 2.35. The van der Waals surface area contributed by atoms with Crippen LogP contribution >= 0.6 is 23.1 Å². The van der Waals surface area contributed by atoms with Gasteiger partial charge < -0.3 is 15.4 Å². The van der Waals surface area contributed by atoms with E-state index in [4.69, 9.17) is 4.74 Å². The second-order valence-corrected chi connectivity index (χ2v) is 7.84. The molecule has 1 aromatic carbocycles. The van der Waals surface area contributed by atoms with E-state index >= 15 is 0 Å². The second-order valence-electron chi connectivity index (χ2n) is 5.52. The topological polar surface area (TPSA) is 76.1 Å². The Kier molecular flexibility index (Phi) is 6.60. The smallest absolute Gasteiger partial charge is 0.225 e. The summed E-state index contributed by atoms with van der Waals surface area (Å²) in [5, 5.41) is 14.7. The maximum Gasteiger partial charge on any atom is 0.225 e. The van der Waals surface area contributed by atoms with Crippen molar-refractivity contribution in [3.05, 3.63) is 30.1 Å². The number of nitrogens with one attached hydrogen (secondary N) is 2. The van der Waals surface area contributed by atoms with Gasteiger partial charge in [-0.1, -0.05) is 35.2 Å². The van der Waals surface area contributed by atoms with Crippen molar-refractivity contribution < 1.29 is 13.9 Å². The predicted molar refractivity (Wildman–Crippen MR) is 97.7 cm³/mol. The summed E-state index contributed by atoms with van der Waals surface area (Å²) in [6, 6.07) is 6.12. The van der Waals surface area contributed by atoms with Gasteiger partial charge in [0.1, 0.15) is 5.82 Å². The molecule has 1 aromatic heterocycles. The molecular formula is C16H19FN4O2S2. The van der Waals surface area contributed by atoms with Crippen LogP contribution in [0.4, 0.5) is 15.2 Å². The number of benzene rings is 1. The lowest BCUT2D eigenvalue weighted by atomic mass is 10.2. The number of amides is 1. The summed E-state index contributed by atoms with van der Waals surface area (Å²) in [6.07, 6.45) is 2.71. The van der Waals surface area contributed by atoms with E-state index in [9.17, 15) is 9.18 Å². The molecule has 134 valence electrons. The third kappa shape index (κ3) is 5.65. The average Bonchev–Trinajstić information content (AvgIpc) is 3.27. The summed E-state index contributed by atoms with van der Waals surface area (Å²) in [5.74, 6) is -0.103. The molecule has 1 amide bonds. The minimum atomic E-state index is -0.436. The van der Waals surface area contributed by atoms with Gasteiger partial charge in [-0.3, -0.25) is 4.79 Å². The van der Waals surface area contributed by atoms with E-state index in [0.29, 0.717) is 5.75 Å². The molecular weight excluding hydrogens is 363 g/mol. The van der Waals surface area contributed by atoms with E-state index in [0.717, 1.165) is 35.5 Å².